The van der Waals surface area contributed by atoms with Gasteiger partial charge in [-0.3, -0.25) is 19.1 Å². The Labute approximate surface area is 269 Å². The summed E-state index contributed by atoms with van der Waals surface area (Å²) in [5, 5.41) is 14.4. The third kappa shape index (κ3) is 10.0. The zero-order valence-corrected chi connectivity index (χ0v) is 27.6. The monoisotopic (exact) mass is 667 g/mol. The van der Waals surface area contributed by atoms with E-state index < -0.39 is 32.7 Å². The molecule has 14 heteroatoms. The van der Waals surface area contributed by atoms with E-state index in [1.807, 2.05) is 7.05 Å². The van der Waals surface area contributed by atoms with Crippen molar-refractivity contribution >= 4 is 33.4 Å². The molecule has 0 unspecified atom stereocenters. The number of likely N-dealkylation sites (N-methyl/N-ethyl adjacent to an activating group) is 1. The number of benzene rings is 1. The molecule has 0 radical (unpaired) electrons. The average molecular weight is 668 g/mol. The number of ether oxygens (including phenoxy) is 3. The maximum absolute atomic E-state index is 12.8. The van der Waals surface area contributed by atoms with Crippen molar-refractivity contribution in [2.75, 3.05) is 45.8 Å². The van der Waals surface area contributed by atoms with E-state index in [9.17, 15) is 23.2 Å². The van der Waals surface area contributed by atoms with E-state index in [1.165, 1.54) is 24.3 Å². The van der Waals surface area contributed by atoms with Crippen LogP contribution in [0.2, 0.25) is 0 Å². The van der Waals surface area contributed by atoms with Crippen LogP contribution in [0.25, 0.3) is 0 Å². The molecule has 0 aliphatic heterocycles. The number of hydrogen-bond acceptors (Lipinski definition) is 11. The molecular formula is C31H42ClN3O9S. The minimum absolute atomic E-state index is 0.148. The number of carbonyl (C=O) groups is 2. The summed E-state index contributed by atoms with van der Waals surface area (Å²) in [4.78, 5) is 25.8. The molecule has 1 aliphatic carbocycles. The largest absolute Gasteiger partial charge is 0.464 e. The number of alkyl halides is 1. The number of nitrogens with zero attached hydrogens (tertiary/aromatic N) is 3. The highest BCUT2D eigenvalue weighted by molar-refractivity contribution is 7.91. The molecule has 1 aromatic heterocycles. The Morgan fingerprint density at radius 1 is 1.11 bits per heavy atom. The summed E-state index contributed by atoms with van der Waals surface area (Å²) in [7, 11) is -2.33. The molecule has 0 saturated heterocycles. The second-order valence-electron chi connectivity index (χ2n) is 11.8. The van der Waals surface area contributed by atoms with Gasteiger partial charge in [-0.05, 0) is 60.6 Å². The molecule has 12 nitrogen and oxygen atoms in total. The number of sulfone groups is 1. The fourth-order valence-electron chi connectivity index (χ4n) is 5.38. The van der Waals surface area contributed by atoms with Crippen LogP contribution < -0.4 is 9.64 Å². The predicted molar refractivity (Wildman–Crippen MR) is 165 cm³/mol. The lowest BCUT2D eigenvalue weighted by molar-refractivity contribution is -0.832. The lowest BCUT2D eigenvalue weighted by Gasteiger charge is -2.44. The zero-order valence-electron chi connectivity index (χ0n) is 26.0. The fraction of sp³-hybridized carbons (Fsp3) is 0.548. The molecule has 1 fully saturated rings. The highest BCUT2D eigenvalue weighted by Crippen LogP contribution is 2.48. The van der Waals surface area contributed by atoms with Crippen molar-refractivity contribution in [1.29, 1.82) is 0 Å². The normalized spacial score (nSPS) is 17.9. The third-order valence-corrected chi connectivity index (χ3v) is 10.1. The highest BCUT2D eigenvalue weighted by atomic mass is 35.5. The van der Waals surface area contributed by atoms with Gasteiger partial charge >= 0.3 is 22.8 Å². The molecule has 1 saturated carbocycles. The minimum Gasteiger partial charge on any atom is -0.464 e. The topological polar surface area (TPSA) is 152 Å². The van der Waals surface area contributed by atoms with Gasteiger partial charge in [0.1, 0.15) is 19.8 Å². The van der Waals surface area contributed by atoms with E-state index in [2.05, 4.69) is 41.7 Å². The highest BCUT2D eigenvalue weighted by Gasteiger charge is 2.38. The molecule has 45 heavy (non-hydrogen) atoms. The lowest BCUT2D eigenvalue weighted by Crippen LogP contribution is -2.36. The zero-order chi connectivity index (χ0) is 33.2. The van der Waals surface area contributed by atoms with Gasteiger partial charge in [0.15, 0.2) is 0 Å². The summed E-state index contributed by atoms with van der Waals surface area (Å²) in [6.07, 6.45) is 2.76. The van der Waals surface area contributed by atoms with E-state index in [0.717, 1.165) is 30.4 Å². The van der Waals surface area contributed by atoms with Crippen molar-refractivity contribution in [2.45, 2.75) is 55.9 Å². The number of aromatic nitrogens is 2. The number of hydrogen-bond donors (Lipinski definition) is 0. The van der Waals surface area contributed by atoms with Crippen LogP contribution in [0.3, 0.4) is 0 Å². The smallest absolute Gasteiger partial charge is 0.415 e. The molecule has 0 bridgehead atoms. The van der Waals surface area contributed by atoms with Crippen LogP contribution in [0.1, 0.15) is 46.0 Å². The van der Waals surface area contributed by atoms with Gasteiger partial charge in [-0.1, -0.05) is 56.4 Å². The van der Waals surface area contributed by atoms with Crippen LogP contribution in [-0.2, 0) is 28.9 Å². The molecule has 2 atom stereocenters. The van der Waals surface area contributed by atoms with Gasteiger partial charge in [0.25, 0.3) is 9.84 Å². The van der Waals surface area contributed by atoms with Crippen LogP contribution in [0.15, 0.2) is 69.2 Å². The summed E-state index contributed by atoms with van der Waals surface area (Å²) in [6, 6.07) is 7.23. The van der Waals surface area contributed by atoms with Gasteiger partial charge in [0.05, 0.1) is 22.9 Å². The van der Waals surface area contributed by atoms with Crippen molar-refractivity contribution in [1.82, 2.24) is 10.1 Å². The Bertz CT molecular complexity index is 1440. The maximum Gasteiger partial charge on any atom is 0.415 e. The third-order valence-electron chi connectivity index (χ3n) is 8.02. The molecule has 3 rings (SSSR count). The van der Waals surface area contributed by atoms with Crippen LogP contribution in [0.5, 0.6) is 5.88 Å². The van der Waals surface area contributed by atoms with E-state index in [0.29, 0.717) is 30.8 Å². The van der Waals surface area contributed by atoms with Crippen LogP contribution in [-0.4, -0.2) is 76.3 Å². The van der Waals surface area contributed by atoms with Gasteiger partial charge in [-0.15, -0.1) is 11.6 Å². The molecule has 1 aliphatic rings. The van der Waals surface area contributed by atoms with Crippen molar-refractivity contribution < 1.29 is 41.7 Å². The van der Waals surface area contributed by atoms with Gasteiger partial charge in [-0.2, -0.15) is 0 Å². The summed E-state index contributed by atoms with van der Waals surface area (Å²) >= 11 is 6.10. The molecule has 0 spiro atoms. The second-order valence-corrected chi connectivity index (χ2v) is 14.0. The minimum atomic E-state index is -4.27. The number of halogens is 1. The first-order valence-electron chi connectivity index (χ1n) is 14.7. The summed E-state index contributed by atoms with van der Waals surface area (Å²) in [5.74, 6) is -0.578. The van der Waals surface area contributed by atoms with Gasteiger partial charge in [0.2, 0.25) is 0 Å². The summed E-state index contributed by atoms with van der Waals surface area (Å²) in [6.45, 7) is 13.8. The molecule has 0 N–H and O–H groups in total. The Morgan fingerprint density at radius 3 is 2.40 bits per heavy atom. The summed E-state index contributed by atoms with van der Waals surface area (Å²) < 4.78 is 45.4. The van der Waals surface area contributed by atoms with Crippen LogP contribution in [0, 0.1) is 22.5 Å². The van der Waals surface area contributed by atoms with Crippen LogP contribution >= 0.6 is 11.6 Å². The van der Waals surface area contributed by atoms with Gasteiger partial charge < -0.3 is 19.4 Å². The van der Waals surface area contributed by atoms with Crippen molar-refractivity contribution in [3.63, 3.8) is 0 Å². The second kappa shape index (κ2) is 16.2. The number of carbonyl (C=O) groups excluding carboxylic acids is 2. The first-order chi connectivity index (χ1) is 21.3. The maximum atomic E-state index is 12.8. The Morgan fingerprint density at radius 2 is 1.76 bits per heavy atom. The van der Waals surface area contributed by atoms with Crippen molar-refractivity contribution in [2.24, 2.45) is 17.3 Å². The standard InChI is InChI=1S/C31H42ClN3O9S/c1-22(20-32)26-19-24(13-14-31(26,3)4)23(2)21-34(5)15-16-41-27(36)11-12-28(37)42-17-18-43-29-30(35(38)44-33-29)45(39,40)25-9-7-6-8-10-25/h6-10,24,26H,1-2,11-21H2,3-5H3/t24-,26+/m1/s1. The van der Waals surface area contributed by atoms with Crippen LogP contribution in [0.4, 0.5) is 0 Å². The van der Waals surface area contributed by atoms with Crippen molar-refractivity contribution in [3.05, 3.63) is 59.8 Å². The SMILES string of the molecule is C=C(CN(C)CCOC(=O)CCC(=O)OCCOc1no[n+]([O-])c1S(=O)(=O)c1ccccc1)[C@@H]1CCC(C)(C)[C@H](C(=C)CCl)C1. The number of allylic oxidation sites excluding steroid dienone is 1. The average Bonchev–Trinajstić information content (AvgIpc) is 3.38. The first kappa shape index (κ1) is 36.1. The molecule has 0 amide bonds. The van der Waals surface area contributed by atoms with E-state index in [4.69, 9.17) is 25.8 Å². The fourth-order valence-corrected chi connectivity index (χ4v) is 6.86. The quantitative estimate of drug-likeness (QED) is 0.0788. The molecular weight excluding hydrogens is 626 g/mol. The molecule has 1 aromatic carbocycles. The molecule has 2 aromatic rings. The van der Waals surface area contributed by atoms with Gasteiger partial charge in [-0.25, -0.2) is 8.42 Å². The van der Waals surface area contributed by atoms with Gasteiger partial charge in [0, 0.05) is 19.0 Å². The van der Waals surface area contributed by atoms with E-state index in [1.54, 1.807) is 6.07 Å². The Hall–Kier alpha value is -3.42. The first-order valence-corrected chi connectivity index (χ1v) is 16.7. The van der Waals surface area contributed by atoms with E-state index in [-0.39, 0.29) is 47.9 Å². The number of rotatable bonds is 17. The summed E-state index contributed by atoms with van der Waals surface area (Å²) in [5.41, 5.74) is 2.39. The predicted octanol–water partition coefficient (Wildman–Crippen LogP) is 4.11. The Balaban J connectivity index is 1.32. The molecule has 1 heterocycles. The van der Waals surface area contributed by atoms with Crippen molar-refractivity contribution in [3.8, 4) is 5.88 Å². The van der Waals surface area contributed by atoms with E-state index >= 15 is 0 Å². The Kier molecular flexibility index (Phi) is 13.0. The molecule has 248 valence electrons. The number of esters is 2. The lowest BCUT2D eigenvalue weighted by atomic mass is 9.62.